The van der Waals surface area contributed by atoms with Gasteiger partial charge in [0.15, 0.2) is 0 Å². The Labute approximate surface area is 124 Å². The van der Waals surface area contributed by atoms with E-state index in [0.29, 0.717) is 11.4 Å². The average molecular weight is 317 g/mol. The minimum absolute atomic E-state index is 0.103. The first-order valence-corrected chi connectivity index (χ1v) is 7.79. The molecule has 1 aromatic carbocycles. The third kappa shape index (κ3) is 6.69. The number of benzene rings is 1. The molecule has 0 aliphatic carbocycles. The van der Waals surface area contributed by atoms with Gasteiger partial charge in [0.2, 0.25) is 0 Å². The molecule has 0 saturated heterocycles. The molecule has 1 rings (SSSR count). The Morgan fingerprint density at radius 2 is 2.05 bits per heavy atom. The lowest BCUT2D eigenvalue weighted by atomic mass is 10.1. The molecule has 0 heterocycles. The number of ether oxygens (including phenoxy) is 1. The maximum Gasteiger partial charge on any atom is 0.299 e. The van der Waals surface area contributed by atoms with Crippen molar-refractivity contribution in [1.82, 2.24) is 4.72 Å². The molecule has 0 amide bonds. The summed E-state index contributed by atoms with van der Waals surface area (Å²) in [5, 5.41) is 0. The van der Waals surface area contributed by atoms with E-state index in [-0.39, 0.29) is 11.6 Å². The highest BCUT2D eigenvalue weighted by Crippen LogP contribution is 2.18. The molecule has 112 valence electrons. The summed E-state index contributed by atoms with van der Waals surface area (Å²) in [5.41, 5.74) is 5.16. The van der Waals surface area contributed by atoms with Crippen LogP contribution in [0.5, 0.6) is 5.75 Å². The van der Waals surface area contributed by atoms with Crippen molar-refractivity contribution >= 4 is 33.1 Å². The maximum absolute atomic E-state index is 11.9. The van der Waals surface area contributed by atoms with Gasteiger partial charge in [0, 0.05) is 11.6 Å². The van der Waals surface area contributed by atoms with Crippen molar-refractivity contribution in [2.45, 2.75) is 26.3 Å². The Morgan fingerprint density at radius 3 is 2.60 bits per heavy atom. The molecule has 0 saturated carbocycles. The average Bonchev–Trinajstić information content (AvgIpc) is 2.22. The highest BCUT2D eigenvalue weighted by atomic mass is 32.2. The zero-order valence-corrected chi connectivity index (χ0v) is 13.3. The van der Waals surface area contributed by atoms with E-state index < -0.39 is 15.7 Å². The van der Waals surface area contributed by atoms with E-state index in [1.807, 2.05) is 0 Å². The molecule has 0 bridgehead atoms. The normalized spacial score (nSPS) is 11.9. The summed E-state index contributed by atoms with van der Waals surface area (Å²) in [7, 11) is -3.65. The standard InChI is InChI=1S/C12H19N3O3S2/c1-12(2,3)15-20(16,17)14-9-5-4-6-10(7-9)18-8-11(13)19/h4-7,14-15H,8H2,1-3H3,(H2,13,19). The highest BCUT2D eigenvalue weighted by Gasteiger charge is 2.19. The summed E-state index contributed by atoms with van der Waals surface area (Å²) >= 11 is 4.71. The minimum Gasteiger partial charge on any atom is -0.486 e. The molecule has 4 N–H and O–H groups in total. The van der Waals surface area contributed by atoms with Crippen molar-refractivity contribution in [2.75, 3.05) is 11.3 Å². The lowest BCUT2D eigenvalue weighted by Crippen LogP contribution is -2.43. The lowest BCUT2D eigenvalue weighted by molar-refractivity contribution is 0.378. The van der Waals surface area contributed by atoms with Gasteiger partial charge in [-0.25, -0.2) is 0 Å². The van der Waals surface area contributed by atoms with Crippen molar-refractivity contribution in [1.29, 1.82) is 0 Å². The number of anilines is 1. The monoisotopic (exact) mass is 317 g/mol. The van der Waals surface area contributed by atoms with Crippen molar-refractivity contribution < 1.29 is 13.2 Å². The van der Waals surface area contributed by atoms with Crippen LogP contribution in [-0.4, -0.2) is 25.6 Å². The first-order chi connectivity index (χ1) is 9.07. The molecular weight excluding hydrogens is 298 g/mol. The molecule has 8 heteroatoms. The van der Waals surface area contributed by atoms with Gasteiger partial charge in [0.1, 0.15) is 17.3 Å². The van der Waals surface area contributed by atoms with Crippen LogP contribution < -0.4 is 19.9 Å². The zero-order valence-electron chi connectivity index (χ0n) is 11.6. The van der Waals surface area contributed by atoms with Gasteiger partial charge in [-0.1, -0.05) is 18.3 Å². The van der Waals surface area contributed by atoms with E-state index in [4.69, 9.17) is 22.7 Å². The van der Waals surface area contributed by atoms with Gasteiger partial charge in [-0.2, -0.15) is 13.1 Å². The summed E-state index contributed by atoms with van der Waals surface area (Å²) in [6, 6.07) is 6.53. The first kappa shape index (κ1) is 16.7. The van der Waals surface area contributed by atoms with E-state index >= 15 is 0 Å². The van der Waals surface area contributed by atoms with Gasteiger partial charge in [-0.15, -0.1) is 0 Å². The van der Waals surface area contributed by atoms with Crippen LogP contribution in [0.4, 0.5) is 5.69 Å². The molecule has 0 aromatic heterocycles. The predicted molar refractivity (Wildman–Crippen MR) is 84.2 cm³/mol. The number of nitrogens with one attached hydrogen (secondary N) is 2. The molecule has 0 atom stereocenters. The van der Waals surface area contributed by atoms with E-state index in [9.17, 15) is 8.42 Å². The largest absolute Gasteiger partial charge is 0.486 e. The molecule has 0 aliphatic rings. The van der Waals surface area contributed by atoms with E-state index in [2.05, 4.69) is 9.44 Å². The van der Waals surface area contributed by atoms with Gasteiger partial charge in [-0.3, -0.25) is 4.72 Å². The van der Waals surface area contributed by atoms with E-state index in [0.717, 1.165) is 0 Å². The Morgan fingerprint density at radius 1 is 1.40 bits per heavy atom. The number of hydrogen-bond donors (Lipinski definition) is 3. The number of thiocarbonyl (C=S) groups is 1. The minimum atomic E-state index is -3.65. The number of nitrogens with two attached hydrogens (primary N) is 1. The molecule has 0 unspecified atom stereocenters. The van der Waals surface area contributed by atoms with Crippen molar-refractivity contribution in [2.24, 2.45) is 5.73 Å². The van der Waals surface area contributed by atoms with Crippen LogP contribution in [0.1, 0.15) is 20.8 Å². The number of hydrogen-bond acceptors (Lipinski definition) is 4. The summed E-state index contributed by atoms with van der Waals surface area (Å²) < 4.78 is 34.0. The second-order valence-electron chi connectivity index (χ2n) is 5.24. The van der Waals surface area contributed by atoms with Crippen LogP contribution in [-0.2, 0) is 10.2 Å². The number of rotatable bonds is 6. The van der Waals surface area contributed by atoms with Gasteiger partial charge in [0.05, 0.1) is 5.69 Å². The van der Waals surface area contributed by atoms with E-state index in [1.54, 1.807) is 45.0 Å². The Kier molecular flexibility index (Phi) is 5.32. The fourth-order valence-corrected chi connectivity index (χ4v) is 2.74. The van der Waals surface area contributed by atoms with Crippen LogP contribution in [0.25, 0.3) is 0 Å². The maximum atomic E-state index is 11.9. The fourth-order valence-electron chi connectivity index (χ4n) is 1.39. The zero-order chi connectivity index (χ0) is 15.4. The smallest absolute Gasteiger partial charge is 0.299 e. The quantitative estimate of drug-likeness (QED) is 0.690. The van der Waals surface area contributed by atoms with Gasteiger partial charge >= 0.3 is 0 Å². The van der Waals surface area contributed by atoms with Gasteiger partial charge in [-0.05, 0) is 32.9 Å². The topological polar surface area (TPSA) is 93.5 Å². The fraction of sp³-hybridized carbons (Fsp3) is 0.417. The van der Waals surface area contributed by atoms with Crippen LogP contribution in [0.3, 0.4) is 0 Å². The molecule has 0 aliphatic heterocycles. The van der Waals surface area contributed by atoms with Crippen molar-refractivity contribution in [3.8, 4) is 5.75 Å². The Hall–Kier alpha value is -1.38. The summed E-state index contributed by atoms with van der Waals surface area (Å²) in [4.78, 5) is 0.227. The van der Waals surface area contributed by atoms with Gasteiger partial charge in [0.25, 0.3) is 10.2 Å². The lowest BCUT2D eigenvalue weighted by Gasteiger charge is -2.21. The Bertz CT molecular complexity index is 580. The molecule has 0 radical (unpaired) electrons. The molecule has 20 heavy (non-hydrogen) atoms. The van der Waals surface area contributed by atoms with Gasteiger partial charge < -0.3 is 10.5 Å². The van der Waals surface area contributed by atoms with Crippen LogP contribution in [0.2, 0.25) is 0 Å². The molecule has 0 fully saturated rings. The second kappa shape index (κ2) is 6.38. The first-order valence-electron chi connectivity index (χ1n) is 5.90. The molecule has 1 aromatic rings. The highest BCUT2D eigenvalue weighted by molar-refractivity contribution is 7.90. The molecular formula is C12H19N3O3S2. The van der Waals surface area contributed by atoms with Crippen LogP contribution in [0.15, 0.2) is 24.3 Å². The molecule has 0 spiro atoms. The third-order valence-corrected chi connectivity index (χ3v) is 3.41. The van der Waals surface area contributed by atoms with Crippen LogP contribution in [0, 0.1) is 0 Å². The predicted octanol–water partition coefficient (Wildman–Crippen LogP) is 1.40. The summed E-state index contributed by atoms with van der Waals surface area (Å²) in [6.07, 6.45) is 0. The summed E-state index contributed by atoms with van der Waals surface area (Å²) in [6.45, 7) is 5.38. The summed E-state index contributed by atoms with van der Waals surface area (Å²) in [5.74, 6) is 0.480. The van der Waals surface area contributed by atoms with E-state index in [1.165, 1.54) is 0 Å². The Balaban J connectivity index is 2.78. The second-order valence-corrected chi connectivity index (χ2v) is 7.18. The SMILES string of the molecule is CC(C)(C)NS(=O)(=O)Nc1cccc(OCC(N)=S)c1. The van der Waals surface area contributed by atoms with Crippen molar-refractivity contribution in [3.05, 3.63) is 24.3 Å². The third-order valence-electron chi connectivity index (χ3n) is 1.91. The van der Waals surface area contributed by atoms with Crippen LogP contribution >= 0.6 is 12.2 Å². The van der Waals surface area contributed by atoms with Crippen molar-refractivity contribution in [3.63, 3.8) is 0 Å². The molecule has 6 nitrogen and oxygen atoms in total.